The van der Waals surface area contributed by atoms with Crippen molar-refractivity contribution < 1.29 is 0 Å². The molecule has 2 radical (unpaired) electrons. The van der Waals surface area contributed by atoms with Gasteiger partial charge in [-0.1, -0.05) is 0 Å². The molecule has 1 aliphatic rings. The van der Waals surface area contributed by atoms with Crippen LogP contribution in [0.3, 0.4) is 0 Å². The zero-order chi connectivity index (χ0) is 5.98. The van der Waals surface area contributed by atoms with Gasteiger partial charge in [-0.25, -0.2) is 0 Å². The SMILES string of the molecule is CN1CC[CH]([SnH])CC1. The molecule has 1 saturated heterocycles. The van der Waals surface area contributed by atoms with Gasteiger partial charge in [0.25, 0.3) is 0 Å². The van der Waals surface area contributed by atoms with Gasteiger partial charge in [-0.15, -0.1) is 0 Å². The molecule has 1 heterocycles. The van der Waals surface area contributed by atoms with Crippen LogP contribution in [0.4, 0.5) is 0 Å². The monoisotopic (exact) mass is 219 g/mol. The fraction of sp³-hybridized carbons (Fsp3) is 1.00. The van der Waals surface area contributed by atoms with E-state index in [-0.39, 0.29) is 0 Å². The van der Waals surface area contributed by atoms with Gasteiger partial charge in [-0.05, 0) is 0 Å². The molecule has 0 atom stereocenters. The van der Waals surface area contributed by atoms with Crippen molar-refractivity contribution in [3.63, 3.8) is 0 Å². The Morgan fingerprint density at radius 3 is 2.25 bits per heavy atom. The van der Waals surface area contributed by atoms with Crippen molar-refractivity contribution in [2.24, 2.45) is 0 Å². The van der Waals surface area contributed by atoms with E-state index in [9.17, 15) is 0 Å². The Balaban J connectivity index is 2.19. The zero-order valence-corrected chi connectivity index (χ0v) is 8.73. The third kappa shape index (κ3) is 1.94. The van der Waals surface area contributed by atoms with E-state index in [2.05, 4.69) is 11.9 Å². The van der Waals surface area contributed by atoms with Gasteiger partial charge in [-0.2, -0.15) is 0 Å². The van der Waals surface area contributed by atoms with Crippen LogP contribution in [0.25, 0.3) is 0 Å². The second-order valence-corrected chi connectivity index (χ2v) is 5.33. The van der Waals surface area contributed by atoms with E-state index in [1.54, 1.807) is 0 Å². The third-order valence-corrected chi connectivity index (χ3v) is 3.67. The Kier molecular flexibility index (Phi) is 2.63. The summed E-state index contributed by atoms with van der Waals surface area (Å²) in [5.41, 5.74) is 0. The molecule has 2 heteroatoms. The topological polar surface area (TPSA) is 3.24 Å². The number of hydrogen-bond acceptors (Lipinski definition) is 1. The van der Waals surface area contributed by atoms with Crippen LogP contribution in [0.5, 0.6) is 0 Å². The predicted octanol–water partition coefficient (Wildman–Crippen LogP) is 0.401. The first-order chi connectivity index (χ1) is 3.79. The standard InChI is InChI=1S/C6H12N.Sn.H/c1-7-5-3-2-4-6-7;;/h2H,3-6H2,1H3;;. The molecule has 0 aliphatic carbocycles. The zero-order valence-electron chi connectivity index (χ0n) is 5.43. The molecule has 1 aliphatic heterocycles. The summed E-state index contributed by atoms with van der Waals surface area (Å²) in [5.74, 6) is 0. The number of piperidine rings is 1. The second-order valence-electron chi connectivity index (χ2n) is 2.64. The van der Waals surface area contributed by atoms with Gasteiger partial charge >= 0.3 is 64.3 Å². The minimum atomic E-state index is 1.11. The molecule has 0 aromatic rings. The molecule has 0 aromatic carbocycles. The first-order valence-corrected chi connectivity index (χ1v) is 5.13. The molecule has 8 heavy (non-hydrogen) atoms. The number of nitrogens with zero attached hydrogens (tertiary/aromatic N) is 1. The molecule has 0 bridgehead atoms. The van der Waals surface area contributed by atoms with Crippen LogP contribution in [0.1, 0.15) is 12.8 Å². The molecule has 0 aromatic heterocycles. The van der Waals surface area contributed by atoms with E-state index < -0.39 is 0 Å². The Morgan fingerprint density at radius 2 is 1.88 bits per heavy atom. The van der Waals surface area contributed by atoms with Crippen LogP contribution < -0.4 is 0 Å². The maximum absolute atomic E-state index is 2.42. The van der Waals surface area contributed by atoms with E-state index in [1.807, 2.05) is 0 Å². The number of hydrogen-bond donors (Lipinski definition) is 0. The summed E-state index contributed by atoms with van der Waals surface area (Å²) in [6, 6.07) is 0. The fourth-order valence-electron chi connectivity index (χ4n) is 1.03. The number of likely N-dealkylation sites (tertiary alicyclic amines) is 1. The molecule has 0 spiro atoms. The van der Waals surface area contributed by atoms with Gasteiger partial charge in [0.2, 0.25) is 0 Å². The summed E-state index contributed by atoms with van der Waals surface area (Å²) < 4.78 is 1.11. The molecule has 46 valence electrons. The summed E-state index contributed by atoms with van der Waals surface area (Å²) in [5, 5.41) is 0. The average Bonchev–Trinajstić information content (AvgIpc) is 1.77. The molecular weight excluding hydrogens is 205 g/mol. The van der Waals surface area contributed by atoms with Gasteiger partial charge in [0.05, 0.1) is 0 Å². The van der Waals surface area contributed by atoms with Gasteiger partial charge in [0.1, 0.15) is 0 Å². The van der Waals surface area contributed by atoms with Crippen LogP contribution in [-0.2, 0) is 0 Å². The molecule has 0 unspecified atom stereocenters. The predicted molar refractivity (Wildman–Crippen MR) is 37.6 cm³/mol. The number of rotatable bonds is 0. The van der Waals surface area contributed by atoms with Crippen LogP contribution >= 0.6 is 0 Å². The normalized spacial score (nSPS) is 26.2. The molecule has 0 saturated carbocycles. The van der Waals surface area contributed by atoms with Gasteiger partial charge in [-0.3, -0.25) is 0 Å². The van der Waals surface area contributed by atoms with Crippen LogP contribution in [0.2, 0.25) is 3.93 Å². The summed E-state index contributed by atoms with van der Waals surface area (Å²) in [6.07, 6.45) is 2.91. The molecule has 0 amide bonds. The van der Waals surface area contributed by atoms with E-state index in [1.165, 1.54) is 48.5 Å². The van der Waals surface area contributed by atoms with Crippen LogP contribution in [-0.4, -0.2) is 47.6 Å². The Bertz CT molecular complexity index is 56.9. The van der Waals surface area contributed by atoms with E-state index in [0.717, 1.165) is 3.93 Å². The van der Waals surface area contributed by atoms with E-state index in [4.69, 9.17) is 0 Å². The molecule has 0 N–H and O–H groups in total. The van der Waals surface area contributed by atoms with Crippen LogP contribution in [0, 0.1) is 0 Å². The molecular formula is C6H13NSn. The van der Waals surface area contributed by atoms with Crippen LogP contribution in [0.15, 0.2) is 0 Å². The van der Waals surface area contributed by atoms with Gasteiger partial charge < -0.3 is 0 Å². The van der Waals surface area contributed by atoms with Gasteiger partial charge in [0, 0.05) is 0 Å². The first-order valence-electron chi connectivity index (χ1n) is 3.23. The minimum absolute atomic E-state index is 1.11. The molecule has 1 nitrogen and oxygen atoms in total. The van der Waals surface area contributed by atoms with Crippen molar-refractivity contribution >= 4 is 22.5 Å². The molecule has 1 fully saturated rings. The van der Waals surface area contributed by atoms with Crippen molar-refractivity contribution in [1.82, 2.24) is 4.90 Å². The summed E-state index contributed by atoms with van der Waals surface area (Å²) in [7, 11) is 2.21. The molecule has 1 rings (SSSR count). The summed E-state index contributed by atoms with van der Waals surface area (Å²) >= 11 is 1.47. The Morgan fingerprint density at radius 1 is 1.38 bits per heavy atom. The summed E-state index contributed by atoms with van der Waals surface area (Å²) in [6.45, 7) is 2.68. The maximum atomic E-state index is 2.42. The van der Waals surface area contributed by atoms with Crippen molar-refractivity contribution in [1.29, 1.82) is 0 Å². The Hall–Kier alpha value is 0.759. The van der Waals surface area contributed by atoms with Crippen molar-refractivity contribution in [3.8, 4) is 0 Å². The van der Waals surface area contributed by atoms with Crippen molar-refractivity contribution in [2.45, 2.75) is 16.8 Å². The Labute approximate surface area is 64.5 Å². The summed E-state index contributed by atoms with van der Waals surface area (Å²) in [4.78, 5) is 2.42. The quantitative estimate of drug-likeness (QED) is 0.532. The van der Waals surface area contributed by atoms with Crippen molar-refractivity contribution in [3.05, 3.63) is 0 Å². The first kappa shape index (κ1) is 6.87. The van der Waals surface area contributed by atoms with Gasteiger partial charge in [0.15, 0.2) is 0 Å². The fourth-order valence-corrected chi connectivity index (χ4v) is 1.88. The van der Waals surface area contributed by atoms with E-state index >= 15 is 0 Å². The van der Waals surface area contributed by atoms with Crippen molar-refractivity contribution in [2.75, 3.05) is 20.1 Å². The average molecular weight is 218 g/mol. The third-order valence-electron chi connectivity index (χ3n) is 1.76. The second kappa shape index (κ2) is 3.06. The van der Waals surface area contributed by atoms with E-state index in [0.29, 0.717) is 0 Å².